The predicted molar refractivity (Wildman–Crippen MR) is 74.7 cm³/mol. The van der Waals surface area contributed by atoms with Crippen molar-refractivity contribution in [2.24, 2.45) is 0 Å². The average Bonchev–Trinajstić information content (AvgIpc) is 2.76. The molecule has 0 atom stereocenters. The molecule has 0 aliphatic carbocycles. The lowest BCUT2D eigenvalue weighted by Gasteiger charge is -2.09. The molecule has 0 fully saturated rings. The van der Waals surface area contributed by atoms with Crippen LogP contribution in [0.15, 0.2) is 39.4 Å². The van der Waals surface area contributed by atoms with E-state index in [2.05, 4.69) is 21.2 Å². The Hall–Kier alpha value is -1.26. The van der Waals surface area contributed by atoms with Crippen molar-refractivity contribution in [3.05, 3.63) is 51.9 Å². The summed E-state index contributed by atoms with van der Waals surface area (Å²) in [5, 5.41) is 3.07. The van der Waals surface area contributed by atoms with Gasteiger partial charge in [-0.3, -0.25) is 0 Å². The summed E-state index contributed by atoms with van der Waals surface area (Å²) in [5.41, 5.74) is 2.19. The Morgan fingerprint density at radius 1 is 1.33 bits per heavy atom. The van der Waals surface area contributed by atoms with Gasteiger partial charge in [-0.25, -0.2) is 0 Å². The van der Waals surface area contributed by atoms with E-state index in [0.29, 0.717) is 13.2 Å². The van der Waals surface area contributed by atoms with Crippen LogP contribution < -0.4 is 10.1 Å². The molecule has 0 bridgehead atoms. The van der Waals surface area contributed by atoms with E-state index in [4.69, 9.17) is 9.15 Å². The summed E-state index contributed by atoms with van der Waals surface area (Å²) in [6.07, 6.45) is 1.69. The van der Waals surface area contributed by atoms with Gasteiger partial charge in [0.25, 0.3) is 0 Å². The second-order valence-corrected chi connectivity index (χ2v) is 5.01. The Morgan fingerprint density at radius 3 is 2.89 bits per heavy atom. The number of nitrogens with one attached hydrogen (secondary N) is 1. The van der Waals surface area contributed by atoms with Crippen molar-refractivity contribution in [2.45, 2.75) is 20.1 Å². The molecule has 1 aromatic heterocycles. The van der Waals surface area contributed by atoms with Crippen LogP contribution in [-0.4, -0.2) is 7.05 Å². The molecule has 2 aromatic rings. The first-order chi connectivity index (χ1) is 8.70. The minimum atomic E-state index is 0.524. The molecule has 96 valence electrons. The fourth-order valence-corrected chi connectivity index (χ4v) is 2.22. The van der Waals surface area contributed by atoms with Gasteiger partial charge in [0.2, 0.25) is 0 Å². The molecular weight excluding hydrogens is 294 g/mol. The lowest BCUT2D eigenvalue weighted by molar-refractivity contribution is 0.299. The first-order valence-electron chi connectivity index (χ1n) is 5.79. The van der Waals surface area contributed by atoms with Crippen molar-refractivity contribution in [3.8, 4) is 5.75 Å². The van der Waals surface area contributed by atoms with Gasteiger partial charge in [0, 0.05) is 10.0 Å². The van der Waals surface area contributed by atoms with E-state index in [1.165, 1.54) is 0 Å². The molecular formula is C14H16BrNO2. The van der Waals surface area contributed by atoms with E-state index in [1.807, 2.05) is 38.2 Å². The molecule has 3 nitrogen and oxygen atoms in total. The third-order valence-corrected chi connectivity index (χ3v) is 3.19. The monoisotopic (exact) mass is 309 g/mol. The summed E-state index contributed by atoms with van der Waals surface area (Å²) >= 11 is 3.44. The number of benzene rings is 1. The Bertz CT molecular complexity index is 522. The number of hydrogen-bond donors (Lipinski definition) is 1. The van der Waals surface area contributed by atoms with Crippen LogP contribution >= 0.6 is 15.9 Å². The van der Waals surface area contributed by atoms with Gasteiger partial charge in [-0.05, 0) is 43.8 Å². The molecule has 0 aliphatic rings. The lowest BCUT2D eigenvalue weighted by Crippen LogP contribution is -2.07. The van der Waals surface area contributed by atoms with Gasteiger partial charge in [0.15, 0.2) is 0 Å². The van der Waals surface area contributed by atoms with Gasteiger partial charge < -0.3 is 14.5 Å². The third-order valence-electron chi connectivity index (χ3n) is 2.70. The summed E-state index contributed by atoms with van der Waals surface area (Å²) < 4.78 is 12.3. The van der Waals surface area contributed by atoms with E-state index >= 15 is 0 Å². The summed E-state index contributed by atoms with van der Waals surface area (Å²) in [7, 11) is 1.89. The normalized spacial score (nSPS) is 10.6. The summed E-state index contributed by atoms with van der Waals surface area (Å²) in [6.45, 7) is 3.27. The largest absolute Gasteiger partial charge is 0.489 e. The number of aryl methyl sites for hydroxylation is 1. The summed E-state index contributed by atoms with van der Waals surface area (Å²) in [5.74, 6) is 1.82. The van der Waals surface area contributed by atoms with Gasteiger partial charge in [0.05, 0.1) is 12.8 Å². The molecule has 0 unspecified atom stereocenters. The highest BCUT2D eigenvalue weighted by atomic mass is 79.9. The summed E-state index contributed by atoms with van der Waals surface area (Å²) in [4.78, 5) is 0. The first-order valence-corrected chi connectivity index (χ1v) is 6.59. The third kappa shape index (κ3) is 3.15. The zero-order chi connectivity index (χ0) is 13.0. The van der Waals surface area contributed by atoms with Gasteiger partial charge in [0.1, 0.15) is 18.1 Å². The topological polar surface area (TPSA) is 34.4 Å². The van der Waals surface area contributed by atoms with Gasteiger partial charge in [-0.1, -0.05) is 15.9 Å². The SMILES string of the molecule is CNCc1occc1COc1ccc(Br)cc1C. The molecule has 0 aliphatic heterocycles. The maximum atomic E-state index is 5.81. The quantitative estimate of drug-likeness (QED) is 0.915. The maximum absolute atomic E-state index is 5.81. The minimum absolute atomic E-state index is 0.524. The van der Waals surface area contributed by atoms with Crippen molar-refractivity contribution in [1.82, 2.24) is 5.32 Å². The standard InChI is InChI=1S/C14H16BrNO2/c1-10-7-12(15)3-4-13(10)18-9-11-5-6-17-14(11)8-16-2/h3-7,16H,8-9H2,1-2H3. The minimum Gasteiger partial charge on any atom is -0.489 e. The second-order valence-electron chi connectivity index (χ2n) is 4.10. The molecule has 4 heteroatoms. The van der Waals surface area contributed by atoms with Crippen LogP contribution in [-0.2, 0) is 13.2 Å². The average molecular weight is 310 g/mol. The Balaban J connectivity index is 2.04. The number of furan rings is 1. The van der Waals surface area contributed by atoms with Crippen LogP contribution in [0.3, 0.4) is 0 Å². The molecule has 0 radical (unpaired) electrons. The Morgan fingerprint density at radius 2 is 2.17 bits per heavy atom. The highest BCUT2D eigenvalue weighted by molar-refractivity contribution is 9.10. The van der Waals surface area contributed by atoms with Crippen LogP contribution in [0.1, 0.15) is 16.9 Å². The van der Waals surface area contributed by atoms with E-state index < -0.39 is 0 Å². The van der Waals surface area contributed by atoms with Crippen molar-refractivity contribution in [3.63, 3.8) is 0 Å². The number of hydrogen-bond acceptors (Lipinski definition) is 3. The number of ether oxygens (including phenoxy) is 1. The van der Waals surface area contributed by atoms with Crippen molar-refractivity contribution in [1.29, 1.82) is 0 Å². The zero-order valence-corrected chi connectivity index (χ0v) is 12.1. The van der Waals surface area contributed by atoms with Crippen LogP contribution in [0.4, 0.5) is 0 Å². The highest BCUT2D eigenvalue weighted by Gasteiger charge is 2.07. The first kappa shape index (κ1) is 13.2. The van der Waals surface area contributed by atoms with Crippen LogP contribution in [0.2, 0.25) is 0 Å². The molecule has 0 saturated heterocycles. The molecule has 1 N–H and O–H groups in total. The van der Waals surface area contributed by atoms with Gasteiger partial charge in [-0.15, -0.1) is 0 Å². The fraction of sp³-hybridized carbons (Fsp3) is 0.286. The molecule has 0 spiro atoms. The van der Waals surface area contributed by atoms with Gasteiger partial charge >= 0.3 is 0 Å². The van der Waals surface area contributed by atoms with E-state index in [1.54, 1.807) is 6.26 Å². The van der Waals surface area contributed by atoms with E-state index in [0.717, 1.165) is 27.1 Å². The molecule has 18 heavy (non-hydrogen) atoms. The Kier molecular flexibility index (Phi) is 4.44. The van der Waals surface area contributed by atoms with Crippen molar-refractivity contribution >= 4 is 15.9 Å². The Labute approximate surface area is 115 Å². The smallest absolute Gasteiger partial charge is 0.124 e. The van der Waals surface area contributed by atoms with E-state index in [9.17, 15) is 0 Å². The van der Waals surface area contributed by atoms with Crippen LogP contribution in [0.5, 0.6) is 5.75 Å². The second kappa shape index (κ2) is 6.07. The molecule has 2 rings (SSSR count). The molecule has 1 aromatic carbocycles. The molecule has 1 heterocycles. The highest BCUT2D eigenvalue weighted by Crippen LogP contribution is 2.23. The number of rotatable bonds is 5. The fourth-order valence-electron chi connectivity index (χ4n) is 1.74. The van der Waals surface area contributed by atoms with Crippen LogP contribution in [0, 0.1) is 6.92 Å². The molecule has 0 amide bonds. The lowest BCUT2D eigenvalue weighted by atomic mass is 10.2. The van der Waals surface area contributed by atoms with Crippen molar-refractivity contribution < 1.29 is 9.15 Å². The van der Waals surface area contributed by atoms with Crippen LogP contribution in [0.25, 0.3) is 0 Å². The zero-order valence-electron chi connectivity index (χ0n) is 10.5. The maximum Gasteiger partial charge on any atom is 0.124 e. The van der Waals surface area contributed by atoms with E-state index in [-0.39, 0.29) is 0 Å². The predicted octanol–water partition coefficient (Wildman–Crippen LogP) is 3.65. The molecule has 0 saturated carbocycles. The number of halogens is 1. The summed E-state index contributed by atoms with van der Waals surface area (Å²) in [6, 6.07) is 7.93. The van der Waals surface area contributed by atoms with Crippen molar-refractivity contribution in [2.75, 3.05) is 7.05 Å². The van der Waals surface area contributed by atoms with Gasteiger partial charge in [-0.2, -0.15) is 0 Å².